The van der Waals surface area contributed by atoms with Gasteiger partial charge in [-0.05, 0) is 113 Å². The van der Waals surface area contributed by atoms with Crippen molar-refractivity contribution in [3.05, 3.63) is 58.7 Å². The molecule has 4 heteroatoms. The lowest BCUT2D eigenvalue weighted by Gasteiger charge is -2.21. The highest BCUT2D eigenvalue weighted by Gasteiger charge is 2.07. The number of benzene rings is 2. The Hall–Kier alpha value is -2.04. The van der Waals surface area contributed by atoms with Crippen LogP contribution in [0, 0.1) is 13.8 Å². The highest BCUT2D eigenvalue weighted by atomic mass is 15.1. The fourth-order valence-corrected chi connectivity index (χ4v) is 4.59. The lowest BCUT2D eigenvalue weighted by Crippen LogP contribution is -2.27. The van der Waals surface area contributed by atoms with Gasteiger partial charge in [-0.3, -0.25) is 0 Å². The molecule has 0 bridgehead atoms. The number of azo groups is 1. The van der Waals surface area contributed by atoms with E-state index in [4.69, 9.17) is 0 Å². The van der Waals surface area contributed by atoms with E-state index in [9.17, 15) is 0 Å². The summed E-state index contributed by atoms with van der Waals surface area (Å²) in [5, 5.41) is 9.18. The number of nitrogens with zero attached hydrogens (tertiary/aromatic N) is 4. The zero-order valence-corrected chi connectivity index (χ0v) is 22.7. The minimum Gasteiger partial charge on any atom is -0.303 e. The molecule has 0 radical (unpaired) electrons. The standard InChI is InChI=1S/C30H48N4/c1-7-17-33(18-8-2)21-15-27-11-13-29(25(5)23-27)31-32-30-14-12-28(24-26(30)6)16-22-34(19-9-3)20-10-4/h11-14,23-24H,7-10,15-22H2,1-6H3. The molecule has 0 saturated carbocycles. The first kappa shape index (κ1) is 28.2. The van der Waals surface area contributed by atoms with Crippen molar-refractivity contribution in [2.45, 2.75) is 80.1 Å². The van der Waals surface area contributed by atoms with Crippen molar-refractivity contribution < 1.29 is 0 Å². The predicted molar refractivity (Wildman–Crippen MR) is 148 cm³/mol. The van der Waals surface area contributed by atoms with Gasteiger partial charge in [0.05, 0.1) is 11.4 Å². The van der Waals surface area contributed by atoms with E-state index in [2.05, 4.69) is 98.0 Å². The number of aryl methyl sites for hydroxylation is 2. The van der Waals surface area contributed by atoms with E-state index >= 15 is 0 Å². The van der Waals surface area contributed by atoms with E-state index in [-0.39, 0.29) is 0 Å². The summed E-state index contributed by atoms with van der Waals surface area (Å²) >= 11 is 0. The molecule has 0 saturated heterocycles. The normalized spacial score (nSPS) is 11.9. The second-order valence-corrected chi connectivity index (χ2v) is 9.62. The van der Waals surface area contributed by atoms with Crippen LogP contribution in [0.1, 0.15) is 75.6 Å². The lowest BCUT2D eigenvalue weighted by molar-refractivity contribution is 0.278. The molecule has 0 aliphatic heterocycles. The predicted octanol–water partition coefficient (Wildman–Crippen LogP) is 8.05. The van der Waals surface area contributed by atoms with Gasteiger partial charge in [0.15, 0.2) is 0 Å². The molecule has 0 N–H and O–H groups in total. The monoisotopic (exact) mass is 464 g/mol. The van der Waals surface area contributed by atoms with E-state index in [0.717, 1.165) is 37.3 Å². The summed E-state index contributed by atoms with van der Waals surface area (Å²) in [6.07, 6.45) is 7.05. The third-order valence-corrected chi connectivity index (χ3v) is 6.38. The molecule has 188 valence electrons. The Labute approximate surface area is 209 Å². The number of hydrogen-bond acceptors (Lipinski definition) is 4. The van der Waals surface area contributed by atoms with Crippen LogP contribution in [0.4, 0.5) is 11.4 Å². The number of hydrogen-bond donors (Lipinski definition) is 0. The van der Waals surface area contributed by atoms with Gasteiger partial charge in [-0.25, -0.2) is 0 Å². The van der Waals surface area contributed by atoms with Gasteiger partial charge in [-0.1, -0.05) is 52.0 Å². The van der Waals surface area contributed by atoms with Crippen molar-refractivity contribution in [2.24, 2.45) is 10.2 Å². The van der Waals surface area contributed by atoms with Crippen LogP contribution in [0.5, 0.6) is 0 Å². The molecule has 0 aliphatic carbocycles. The molecular weight excluding hydrogens is 416 g/mol. The molecule has 2 aromatic rings. The van der Waals surface area contributed by atoms with Crippen molar-refractivity contribution in [1.82, 2.24) is 9.80 Å². The Morgan fingerprint density at radius 3 is 1.18 bits per heavy atom. The zero-order chi connectivity index (χ0) is 24.8. The van der Waals surface area contributed by atoms with Crippen LogP contribution in [0.15, 0.2) is 46.6 Å². The highest BCUT2D eigenvalue weighted by molar-refractivity contribution is 5.50. The molecule has 4 nitrogen and oxygen atoms in total. The van der Waals surface area contributed by atoms with Gasteiger partial charge in [0, 0.05) is 13.1 Å². The topological polar surface area (TPSA) is 31.2 Å². The van der Waals surface area contributed by atoms with Crippen molar-refractivity contribution in [1.29, 1.82) is 0 Å². The first-order valence-corrected chi connectivity index (χ1v) is 13.6. The van der Waals surface area contributed by atoms with E-state index < -0.39 is 0 Å². The first-order chi connectivity index (χ1) is 16.5. The molecule has 0 amide bonds. The Kier molecular flexibility index (Phi) is 13.1. The van der Waals surface area contributed by atoms with Gasteiger partial charge < -0.3 is 9.80 Å². The summed E-state index contributed by atoms with van der Waals surface area (Å²) in [6, 6.07) is 13.2. The minimum absolute atomic E-state index is 0.959. The summed E-state index contributed by atoms with van der Waals surface area (Å²) in [7, 11) is 0. The van der Waals surface area contributed by atoms with E-state index in [1.165, 1.54) is 74.1 Å². The van der Waals surface area contributed by atoms with Crippen LogP contribution in [0.2, 0.25) is 0 Å². The minimum atomic E-state index is 0.959. The van der Waals surface area contributed by atoms with Gasteiger partial charge in [0.2, 0.25) is 0 Å². The summed E-state index contributed by atoms with van der Waals surface area (Å²) in [5.74, 6) is 0. The maximum atomic E-state index is 4.59. The SMILES string of the molecule is CCCN(CCC)CCc1ccc(N=Nc2ccc(CCN(CCC)CCC)cc2C)c(C)c1. The lowest BCUT2D eigenvalue weighted by atomic mass is 10.1. The van der Waals surface area contributed by atoms with Gasteiger partial charge in [-0.2, -0.15) is 10.2 Å². The largest absolute Gasteiger partial charge is 0.303 e. The Morgan fingerprint density at radius 1 is 0.529 bits per heavy atom. The molecule has 34 heavy (non-hydrogen) atoms. The van der Waals surface area contributed by atoms with E-state index in [1.807, 2.05) is 0 Å². The molecule has 0 spiro atoms. The summed E-state index contributed by atoms with van der Waals surface area (Å²) in [5.41, 5.74) is 7.07. The summed E-state index contributed by atoms with van der Waals surface area (Å²) < 4.78 is 0. The quantitative estimate of drug-likeness (QED) is 0.235. The van der Waals surface area contributed by atoms with E-state index in [0.29, 0.717) is 0 Å². The smallest absolute Gasteiger partial charge is 0.0886 e. The molecule has 0 unspecified atom stereocenters. The third kappa shape index (κ3) is 9.68. The van der Waals surface area contributed by atoms with Crippen LogP contribution < -0.4 is 0 Å². The number of rotatable bonds is 16. The molecule has 2 rings (SSSR count). The summed E-state index contributed by atoms with van der Waals surface area (Å²) in [4.78, 5) is 5.14. The second kappa shape index (κ2) is 15.8. The molecule has 2 aromatic carbocycles. The fourth-order valence-electron chi connectivity index (χ4n) is 4.59. The highest BCUT2D eigenvalue weighted by Crippen LogP contribution is 2.26. The fraction of sp³-hybridized carbons (Fsp3) is 0.600. The van der Waals surface area contributed by atoms with Gasteiger partial charge >= 0.3 is 0 Å². The Morgan fingerprint density at radius 2 is 0.882 bits per heavy atom. The van der Waals surface area contributed by atoms with Crippen molar-refractivity contribution in [3.8, 4) is 0 Å². The van der Waals surface area contributed by atoms with Crippen LogP contribution in [0.25, 0.3) is 0 Å². The van der Waals surface area contributed by atoms with Crippen LogP contribution in [0.3, 0.4) is 0 Å². The van der Waals surface area contributed by atoms with Crippen LogP contribution in [-0.2, 0) is 12.8 Å². The Bertz CT molecular complexity index is 791. The molecule has 0 aliphatic rings. The summed E-state index contributed by atoms with van der Waals surface area (Å²) in [6.45, 7) is 20.3. The molecule has 0 fully saturated rings. The van der Waals surface area contributed by atoms with Gasteiger partial charge in [0.25, 0.3) is 0 Å². The Balaban J connectivity index is 1.97. The van der Waals surface area contributed by atoms with Crippen molar-refractivity contribution in [2.75, 3.05) is 39.3 Å². The van der Waals surface area contributed by atoms with Crippen molar-refractivity contribution >= 4 is 11.4 Å². The zero-order valence-electron chi connectivity index (χ0n) is 22.7. The van der Waals surface area contributed by atoms with E-state index in [1.54, 1.807) is 0 Å². The van der Waals surface area contributed by atoms with Gasteiger partial charge in [0.1, 0.15) is 0 Å². The molecule has 0 heterocycles. The van der Waals surface area contributed by atoms with Gasteiger partial charge in [-0.15, -0.1) is 0 Å². The molecule has 0 aromatic heterocycles. The maximum absolute atomic E-state index is 4.59. The second-order valence-electron chi connectivity index (χ2n) is 9.62. The average molecular weight is 465 g/mol. The first-order valence-electron chi connectivity index (χ1n) is 13.6. The third-order valence-electron chi connectivity index (χ3n) is 6.38. The molecular formula is C30H48N4. The maximum Gasteiger partial charge on any atom is 0.0886 e. The van der Waals surface area contributed by atoms with Crippen LogP contribution >= 0.6 is 0 Å². The average Bonchev–Trinajstić information content (AvgIpc) is 2.82. The van der Waals surface area contributed by atoms with Crippen LogP contribution in [-0.4, -0.2) is 49.1 Å². The van der Waals surface area contributed by atoms with Crippen molar-refractivity contribution in [3.63, 3.8) is 0 Å². The molecule has 0 atom stereocenters.